The highest BCUT2D eigenvalue weighted by molar-refractivity contribution is 6.13. The molecule has 6 aromatic carbocycles. The fraction of sp³-hybridized carbons (Fsp3) is 0.380. The molecular formula is C50H52N2O11. The number of benzene rings is 6. The first-order chi connectivity index (χ1) is 30.4. The molecule has 4 aliphatic rings. The third-order valence-corrected chi connectivity index (χ3v) is 13.3. The maximum atomic E-state index is 12.1. The Bertz CT molecular complexity index is 2840. The molecule has 0 aromatic heterocycles. The Labute approximate surface area is 364 Å². The van der Waals surface area contributed by atoms with Gasteiger partial charge in [-0.2, -0.15) is 0 Å². The quantitative estimate of drug-likeness (QED) is 0.0826. The van der Waals surface area contributed by atoms with Crippen LogP contribution in [0.4, 0.5) is 0 Å². The number of aliphatic hydroxyl groups excluding tert-OH is 3. The van der Waals surface area contributed by atoms with E-state index in [9.17, 15) is 29.7 Å². The molecule has 63 heavy (non-hydrogen) atoms. The van der Waals surface area contributed by atoms with Gasteiger partial charge < -0.3 is 39.0 Å². The number of nitrogens with zero attached hydrogens (tertiary/aromatic N) is 2. The van der Waals surface area contributed by atoms with E-state index < -0.39 is 12.1 Å². The first-order valence-corrected chi connectivity index (χ1v) is 21.5. The topological polar surface area (TPSA) is 165 Å². The fourth-order valence-electron chi connectivity index (χ4n) is 10.8. The summed E-state index contributed by atoms with van der Waals surface area (Å²) in [7, 11) is 3.18. The Morgan fingerprint density at radius 2 is 1.05 bits per heavy atom. The molecule has 0 bridgehead atoms. The van der Waals surface area contributed by atoms with Crippen LogP contribution < -0.4 is 18.9 Å². The van der Waals surface area contributed by atoms with Gasteiger partial charge in [-0.1, -0.05) is 12.1 Å². The molecular weight excluding hydrogens is 805 g/mol. The summed E-state index contributed by atoms with van der Waals surface area (Å²) in [5.74, 6) is 1.06. The van der Waals surface area contributed by atoms with Crippen molar-refractivity contribution in [1.82, 2.24) is 9.80 Å². The third-order valence-electron chi connectivity index (χ3n) is 13.3. The van der Waals surface area contributed by atoms with Gasteiger partial charge in [-0.05, 0) is 147 Å². The number of rotatable bonds is 7. The number of esters is 3. The van der Waals surface area contributed by atoms with E-state index in [0.29, 0.717) is 34.1 Å². The van der Waals surface area contributed by atoms with Gasteiger partial charge in [0, 0.05) is 56.6 Å². The molecule has 4 heterocycles. The summed E-state index contributed by atoms with van der Waals surface area (Å²) >= 11 is 0. The van der Waals surface area contributed by atoms with Crippen molar-refractivity contribution in [2.75, 3.05) is 27.3 Å². The van der Waals surface area contributed by atoms with Gasteiger partial charge in [0.25, 0.3) is 0 Å². The molecule has 2 saturated heterocycles. The van der Waals surface area contributed by atoms with E-state index in [1.807, 2.05) is 48.5 Å². The van der Waals surface area contributed by atoms with Gasteiger partial charge in [0.05, 0.1) is 39.6 Å². The largest absolute Gasteiger partial charge is 0.496 e. The Balaban J connectivity index is 0.000000161. The lowest BCUT2D eigenvalue weighted by Gasteiger charge is -2.39. The molecule has 2 fully saturated rings. The maximum absolute atomic E-state index is 12.1. The SMILES string of the molecule is COc1cc2c3c(c4ccc(OC(C)=O)cc4c2cc1CO)[C@H](O)[C@@H]1CCCN1C3.COc1cc2c3c(c4ccc(OC(C)=O)cc4c2cc1CO)[C@H](OC(C)=O)[C@@H]1CCCN1C3. The van der Waals surface area contributed by atoms with E-state index in [-0.39, 0.29) is 43.3 Å². The van der Waals surface area contributed by atoms with Crippen molar-refractivity contribution in [2.45, 2.75) is 97.0 Å². The minimum atomic E-state index is -0.578. The molecule has 13 nitrogen and oxygen atoms in total. The second kappa shape index (κ2) is 17.0. The zero-order chi connectivity index (χ0) is 44.3. The smallest absolute Gasteiger partial charge is 0.308 e. The van der Waals surface area contributed by atoms with Crippen molar-refractivity contribution in [1.29, 1.82) is 0 Å². The highest BCUT2D eigenvalue weighted by Crippen LogP contribution is 2.49. The lowest BCUT2D eigenvalue weighted by Crippen LogP contribution is -2.40. The highest BCUT2D eigenvalue weighted by atomic mass is 16.5. The minimum Gasteiger partial charge on any atom is -0.496 e. The Kier molecular flexibility index (Phi) is 11.5. The lowest BCUT2D eigenvalue weighted by molar-refractivity contribution is -0.150. The molecule has 10 rings (SSSR count). The van der Waals surface area contributed by atoms with Crippen LogP contribution >= 0.6 is 0 Å². The van der Waals surface area contributed by atoms with Crippen LogP contribution in [0.5, 0.6) is 23.0 Å². The standard InChI is InChI=1S/C26H27NO6.C24H25NO5/c1-14(29)32-17-6-7-18-20(10-17)19-9-16(13-28)24(31-3)11-21(19)22-12-27-8-4-5-23(27)26(25(18)22)33-15(2)30;1-13(27)30-15-5-6-16-18(9-15)17-8-14(12-26)22(29-2)10-19(17)20-11-25-7-3-4-21(25)24(28)23(16)20/h6-7,9-11,23,26,28H,4-5,8,12-13H2,1-3H3;5-6,8-10,21,24,26,28H,3-4,7,11-12H2,1-2H3/t23-,26+;21-,24+/m00/s1. The predicted octanol–water partition coefficient (Wildman–Crippen LogP) is 7.43. The van der Waals surface area contributed by atoms with Gasteiger partial charge in [0.2, 0.25) is 0 Å². The Morgan fingerprint density at radius 3 is 1.52 bits per heavy atom. The molecule has 4 aliphatic heterocycles. The average molecular weight is 857 g/mol. The van der Waals surface area contributed by atoms with Gasteiger partial charge in [-0.25, -0.2) is 0 Å². The van der Waals surface area contributed by atoms with Crippen LogP contribution in [0.25, 0.3) is 43.1 Å². The second-order valence-electron chi connectivity index (χ2n) is 17.0. The molecule has 0 aliphatic carbocycles. The predicted molar refractivity (Wildman–Crippen MR) is 237 cm³/mol. The van der Waals surface area contributed by atoms with Crippen LogP contribution in [0, 0.1) is 0 Å². The first-order valence-electron chi connectivity index (χ1n) is 21.5. The van der Waals surface area contributed by atoms with Crippen molar-refractivity contribution >= 4 is 61.0 Å². The van der Waals surface area contributed by atoms with Crippen molar-refractivity contribution in [3.63, 3.8) is 0 Å². The molecule has 0 amide bonds. The summed E-state index contributed by atoms with van der Waals surface area (Å²) < 4.78 is 27.8. The number of carbonyl (C=O) groups is 3. The number of hydrogen-bond acceptors (Lipinski definition) is 13. The van der Waals surface area contributed by atoms with Crippen LogP contribution in [-0.4, -0.2) is 82.4 Å². The van der Waals surface area contributed by atoms with Crippen LogP contribution in [0.1, 0.15) is 92.0 Å². The Hall–Kier alpha value is -5.83. The lowest BCUT2D eigenvalue weighted by atomic mass is 9.83. The van der Waals surface area contributed by atoms with Gasteiger partial charge in [0.15, 0.2) is 0 Å². The van der Waals surface area contributed by atoms with Crippen LogP contribution in [0.15, 0.2) is 60.7 Å². The number of hydrogen-bond donors (Lipinski definition) is 3. The van der Waals surface area contributed by atoms with Crippen LogP contribution in [0.3, 0.4) is 0 Å². The molecule has 6 aromatic rings. The van der Waals surface area contributed by atoms with Crippen molar-refractivity contribution < 1.29 is 53.4 Å². The number of methoxy groups -OCH3 is 2. The number of ether oxygens (including phenoxy) is 5. The molecule has 4 atom stereocenters. The summed E-state index contributed by atoms with van der Waals surface area (Å²) in [6.07, 6.45) is 3.13. The van der Waals surface area contributed by atoms with Crippen molar-refractivity contribution in [3.05, 3.63) is 94.0 Å². The zero-order valence-corrected chi connectivity index (χ0v) is 36.2. The molecule has 13 heteroatoms. The third kappa shape index (κ3) is 7.51. The molecule has 0 radical (unpaired) electrons. The summed E-state index contributed by atoms with van der Waals surface area (Å²) in [6, 6.07) is 19.2. The van der Waals surface area contributed by atoms with Gasteiger partial charge in [-0.3, -0.25) is 24.2 Å². The van der Waals surface area contributed by atoms with E-state index in [0.717, 1.165) is 117 Å². The van der Waals surface area contributed by atoms with Crippen LogP contribution in [0.2, 0.25) is 0 Å². The van der Waals surface area contributed by atoms with E-state index in [4.69, 9.17) is 23.7 Å². The summed E-state index contributed by atoms with van der Waals surface area (Å²) in [4.78, 5) is 40.0. The molecule has 0 spiro atoms. The van der Waals surface area contributed by atoms with E-state index >= 15 is 0 Å². The summed E-state index contributed by atoms with van der Waals surface area (Å²) in [6.45, 7) is 7.36. The van der Waals surface area contributed by atoms with E-state index in [1.165, 1.54) is 20.8 Å². The fourth-order valence-corrected chi connectivity index (χ4v) is 10.8. The summed E-state index contributed by atoms with van der Waals surface area (Å²) in [5, 5.41) is 38.7. The van der Waals surface area contributed by atoms with E-state index in [2.05, 4.69) is 9.80 Å². The van der Waals surface area contributed by atoms with Crippen LogP contribution in [-0.2, 0) is 45.4 Å². The maximum Gasteiger partial charge on any atom is 0.308 e. The normalized spacial score (nSPS) is 20.4. The number of aliphatic hydroxyl groups is 3. The molecule has 0 unspecified atom stereocenters. The van der Waals surface area contributed by atoms with E-state index in [1.54, 1.807) is 26.4 Å². The summed E-state index contributed by atoms with van der Waals surface area (Å²) in [5.41, 5.74) is 5.53. The molecule has 3 N–H and O–H groups in total. The average Bonchev–Trinajstić information content (AvgIpc) is 3.96. The first kappa shape index (κ1) is 42.5. The zero-order valence-electron chi connectivity index (χ0n) is 36.2. The van der Waals surface area contributed by atoms with Crippen molar-refractivity contribution in [2.24, 2.45) is 0 Å². The molecule has 0 saturated carbocycles. The van der Waals surface area contributed by atoms with Crippen molar-refractivity contribution in [3.8, 4) is 23.0 Å². The van der Waals surface area contributed by atoms with Gasteiger partial charge in [-0.15, -0.1) is 0 Å². The number of fused-ring (bicyclic) bond motifs is 14. The number of carbonyl (C=O) groups excluding carboxylic acids is 3. The monoisotopic (exact) mass is 856 g/mol. The highest BCUT2D eigenvalue weighted by Gasteiger charge is 2.42. The Morgan fingerprint density at radius 1 is 0.587 bits per heavy atom. The second-order valence-corrected chi connectivity index (χ2v) is 17.0. The molecule has 328 valence electrons. The van der Waals surface area contributed by atoms with Gasteiger partial charge >= 0.3 is 17.9 Å². The minimum absolute atomic E-state index is 0.130. The van der Waals surface area contributed by atoms with Gasteiger partial charge in [0.1, 0.15) is 29.1 Å².